The zero-order valence-electron chi connectivity index (χ0n) is 14.5. The van der Waals surface area contributed by atoms with Gasteiger partial charge in [0.2, 0.25) is 0 Å². The number of aromatic nitrogens is 1. The van der Waals surface area contributed by atoms with Crippen LogP contribution in [0.2, 0.25) is 0 Å². The normalized spacial score (nSPS) is 11.1. The van der Waals surface area contributed by atoms with Crippen molar-refractivity contribution in [2.24, 2.45) is 0 Å². The van der Waals surface area contributed by atoms with E-state index in [0.29, 0.717) is 0 Å². The molecule has 130 valence electrons. The molecule has 1 heterocycles. The highest BCUT2D eigenvalue weighted by Crippen LogP contribution is 2.26. The Labute approximate surface area is 162 Å². The highest BCUT2D eigenvalue weighted by atomic mass is 79.9. The number of nitrogens with zero attached hydrogens (tertiary/aromatic N) is 1. The fourth-order valence-corrected chi connectivity index (χ4v) is 3.69. The van der Waals surface area contributed by atoms with Crippen LogP contribution in [0.3, 0.4) is 0 Å². The highest BCUT2D eigenvalue weighted by molar-refractivity contribution is 9.10. The summed E-state index contributed by atoms with van der Waals surface area (Å²) in [5, 5.41) is 4.88. The highest BCUT2D eigenvalue weighted by Gasteiger charge is 2.09. The lowest BCUT2D eigenvalue weighted by molar-refractivity contribution is 0.692. The number of benzene rings is 3. The molecule has 0 fully saturated rings. The summed E-state index contributed by atoms with van der Waals surface area (Å²) in [6.45, 7) is 2.61. The molecule has 0 aliphatic carbocycles. The van der Waals surface area contributed by atoms with E-state index in [2.05, 4.69) is 111 Å². The van der Waals surface area contributed by atoms with Gasteiger partial charge in [0, 0.05) is 41.2 Å². The second-order valence-corrected chi connectivity index (χ2v) is 7.43. The van der Waals surface area contributed by atoms with Gasteiger partial charge < -0.3 is 9.88 Å². The Kier molecular flexibility index (Phi) is 5.19. The lowest BCUT2D eigenvalue weighted by Gasteiger charge is -2.05. The van der Waals surface area contributed by atoms with Crippen LogP contribution in [-0.4, -0.2) is 4.57 Å². The van der Waals surface area contributed by atoms with Crippen LogP contribution in [0.5, 0.6) is 0 Å². The average molecular weight is 405 g/mol. The second-order valence-electron chi connectivity index (χ2n) is 6.52. The van der Waals surface area contributed by atoms with Gasteiger partial charge in [-0.15, -0.1) is 0 Å². The average Bonchev–Trinajstić information content (AvgIpc) is 3.00. The first-order chi connectivity index (χ1) is 12.8. The first-order valence-corrected chi connectivity index (χ1v) is 9.65. The van der Waals surface area contributed by atoms with Gasteiger partial charge in [-0.05, 0) is 34.9 Å². The summed E-state index contributed by atoms with van der Waals surface area (Å²) in [6.07, 6.45) is 2.28. The van der Waals surface area contributed by atoms with Crippen LogP contribution in [-0.2, 0) is 19.6 Å². The molecule has 0 radical (unpaired) electrons. The first kappa shape index (κ1) is 17.1. The van der Waals surface area contributed by atoms with E-state index >= 15 is 0 Å². The zero-order valence-corrected chi connectivity index (χ0v) is 16.1. The van der Waals surface area contributed by atoms with Crippen molar-refractivity contribution < 1.29 is 0 Å². The van der Waals surface area contributed by atoms with Crippen molar-refractivity contribution in [1.29, 1.82) is 0 Å². The molecule has 26 heavy (non-hydrogen) atoms. The minimum atomic E-state index is 0.851. The van der Waals surface area contributed by atoms with Crippen LogP contribution in [0.4, 0.5) is 0 Å². The van der Waals surface area contributed by atoms with Gasteiger partial charge in [-0.25, -0.2) is 0 Å². The van der Waals surface area contributed by atoms with Crippen LogP contribution in [0.1, 0.15) is 16.7 Å². The molecule has 0 aliphatic heterocycles. The van der Waals surface area contributed by atoms with Crippen molar-refractivity contribution in [2.75, 3.05) is 0 Å². The standard InChI is InChI=1S/C23H21BrN2/c24-21-11-12-23-22(13-21)20(15-25-14-18-7-3-1-4-8-18)17-26(23)16-19-9-5-2-6-10-19/h1-13,17,25H,14-16H2. The smallest absolute Gasteiger partial charge is 0.0487 e. The topological polar surface area (TPSA) is 17.0 Å². The molecule has 1 aromatic heterocycles. The van der Waals surface area contributed by atoms with Crippen LogP contribution in [0.15, 0.2) is 89.5 Å². The maximum absolute atomic E-state index is 3.62. The molecule has 0 amide bonds. The number of fused-ring (bicyclic) bond motifs is 1. The summed E-state index contributed by atoms with van der Waals surface area (Å²) >= 11 is 3.62. The molecule has 4 aromatic rings. The predicted octanol–water partition coefficient (Wildman–Crippen LogP) is 5.74. The van der Waals surface area contributed by atoms with Gasteiger partial charge in [0.25, 0.3) is 0 Å². The summed E-state index contributed by atoms with van der Waals surface area (Å²) in [5.41, 5.74) is 5.22. The van der Waals surface area contributed by atoms with Crippen molar-refractivity contribution in [3.8, 4) is 0 Å². The minimum Gasteiger partial charge on any atom is -0.343 e. The number of rotatable bonds is 6. The summed E-state index contributed by atoms with van der Waals surface area (Å²) in [5.74, 6) is 0. The third-order valence-corrected chi connectivity index (χ3v) is 5.10. The quantitative estimate of drug-likeness (QED) is 0.433. The Morgan fingerprint density at radius 2 is 1.46 bits per heavy atom. The van der Waals surface area contributed by atoms with Gasteiger partial charge in [0.15, 0.2) is 0 Å². The minimum absolute atomic E-state index is 0.851. The van der Waals surface area contributed by atoms with Crippen LogP contribution in [0.25, 0.3) is 10.9 Å². The van der Waals surface area contributed by atoms with E-state index in [1.165, 1.54) is 27.6 Å². The lowest BCUT2D eigenvalue weighted by atomic mass is 10.1. The Bertz CT molecular complexity index is 991. The maximum Gasteiger partial charge on any atom is 0.0487 e. The van der Waals surface area contributed by atoms with Gasteiger partial charge >= 0.3 is 0 Å². The number of halogens is 1. The second kappa shape index (κ2) is 7.90. The molecule has 0 saturated carbocycles. The zero-order chi connectivity index (χ0) is 17.8. The molecule has 1 N–H and O–H groups in total. The molecule has 0 unspecified atom stereocenters. The lowest BCUT2D eigenvalue weighted by Crippen LogP contribution is -2.12. The summed E-state index contributed by atoms with van der Waals surface area (Å²) < 4.78 is 3.46. The molecule has 4 rings (SSSR count). The van der Waals surface area contributed by atoms with E-state index in [1.807, 2.05) is 0 Å². The van der Waals surface area contributed by atoms with Gasteiger partial charge in [-0.3, -0.25) is 0 Å². The molecule has 0 spiro atoms. The van der Waals surface area contributed by atoms with E-state index in [1.54, 1.807) is 0 Å². The van der Waals surface area contributed by atoms with Crippen LogP contribution >= 0.6 is 15.9 Å². The molecular weight excluding hydrogens is 384 g/mol. The van der Waals surface area contributed by atoms with Crippen molar-refractivity contribution in [3.05, 3.63) is 106 Å². The third-order valence-electron chi connectivity index (χ3n) is 4.61. The van der Waals surface area contributed by atoms with E-state index in [9.17, 15) is 0 Å². The van der Waals surface area contributed by atoms with E-state index in [4.69, 9.17) is 0 Å². The van der Waals surface area contributed by atoms with E-state index < -0.39 is 0 Å². The monoisotopic (exact) mass is 404 g/mol. The first-order valence-electron chi connectivity index (χ1n) is 8.85. The summed E-state index contributed by atoms with van der Waals surface area (Å²) in [4.78, 5) is 0. The predicted molar refractivity (Wildman–Crippen MR) is 112 cm³/mol. The maximum atomic E-state index is 3.62. The number of hydrogen-bond donors (Lipinski definition) is 1. The molecular formula is C23H21BrN2. The fraction of sp³-hybridized carbons (Fsp3) is 0.130. The van der Waals surface area contributed by atoms with Crippen LogP contribution < -0.4 is 5.32 Å². The largest absolute Gasteiger partial charge is 0.343 e. The molecule has 0 bridgehead atoms. The van der Waals surface area contributed by atoms with Crippen molar-refractivity contribution in [2.45, 2.75) is 19.6 Å². The molecule has 2 nitrogen and oxygen atoms in total. The molecule has 0 atom stereocenters. The van der Waals surface area contributed by atoms with Crippen molar-refractivity contribution >= 4 is 26.8 Å². The van der Waals surface area contributed by atoms with Gasteiger partial charge in [0.1, 0.15) is 0 Å². The van der Waals surface area contributed by atoms with Crippen molar-refractivity contribution in [1.82, 2.24) is 9.88 Å². The number of hydrogen-bond acceptors (Lipinski definition) is 1. The Hall–Kier alpha value is -2.36. The summed E-state index contributed by atoms with van der Waals surface area (Å²) in [7, 11) is 0. The number of nitrogens with one attached hydrogen (secondary N) is 1. The van der Waals surface area contributed by atoms with Crippen LogP contribution in [0, 0.1) is 0 Å². The summed E-state index contributed by atoms with van der Waals surface area (Å²) in [6, 6.07) is 27.7. The Morgan fingerprint density at radius 3 is 2.19 bits per heavy atom. The van der Waals surface area contributed by atoms with Gasteiger partial charge in [-0.1, -0.05) is 76.6 Å². The molecule has 0 saturated heterocycles. The van der Waals surface area contributed by atoms with Gasteiger partial charge in [-0.2, -0.15) is 0 Å². The van der Waals surface area contributed by atoms with E-state index in [-0.39, 0.29) is 0 Å². The Morgan fingerprint density at radius 1 is 0.769 bits per heavy atom. The van der Waals surface area contributed by atoms with Gasteiger partial charge in [0.05, 0.1) is 0 Å². The third kappa shape index (κ3) is 3.90. The fourth-order valence-electron chi connectivity index (χ4n) is 3.33. The van der Waals surface area contributed by atoms with Crippen molar-refractivity contribution in [3.63, 3.8) is 0 Å². The molecule has 0 aliphatic rings. The molecule has 3 heteroatoms. The Balaban J connectivity index is 1.58. The molecule has 3 aromatic carbocycles. The SMILES string of the molecule is Brc1ccc2c(c1)c(CNCc1ccccc1)cn2Cc1ccccc1. The van der Waals surface area contributed by atoms with E-state index in [0.717, 1.165) is 24.1 Å².